The molecule has 2 aromatic heterocycles. The molecule has 3 aliphatic heterocycles. The summed E-state index contributed by atoms with van der Waals surface area (Å²) in [7, 11) is 0. The third-order valence-corrected chi connectivity index (χ3v) is 18.9. The number of aryl methyl sites for hydroxylation is 1. The summed E-state index contributed by atoms with van der Waals surface area (Å²) in [5, 5.41) is 5.28. The summed E-state index contributed by atoms with van der Waals surface area (Å²) in [5.74, 6) is 0. The fourth-order valence-electron chi connectivity index (χ4n) is 13.2. The van der Waals surface area contributed by atoms with E-state index < -0.39 is 0 Å². The van der Waals surface area contributed by atoms with E-state index in [9.17, 15) is 0 Å². The second-order valence-electron chi connectivity index (χ2n) is 21.3. The van der Waals surface area contributed by atoms with E-state index in [-0.39, 0.29) is 23.1 Å². The van der Waals surface area contributed by atoms with Gasteiger partial charge in [0.05, 0.1) is 21.6 Å². The average Bonchev–Trinajstić information content (AvgIpc) is 3.97. The molecule has 0 spiro atoms. The Bertz CT molecular complexity index is 3740. The molecule has 5 heterocycles. The zero-order valence-corrected chi connectivity index (χ0v) is 40.7. The maximum Gasteiger partial charge on any atom is 0.252 e. The lowest BCUT2D eigenvalue weighted by Gasteiger charge is -2.50. The van der Waals surface area contributed by atoms with Crippen LogP contribution in [-0.2, 0) is 10.8 Å². The maximum absolute atomic E-state index is 2.76. The Hall–Kier alpha value is -6.34. The van der Waals surface area contributed by atoms with Gasteiger partial charge < -0.3 is 14.7 Å². The molecular formula is C61H52BN3S2. The summed E-state index contributed by atoms with van der Waals surface area (Å²) < 4.78 is 5.29. The summed E-state index contributed by atoms with van der Waals surface area (Å²) in [6, 6.07) is 61.2. The van der Waals surface area contributed by atoms with Crippen molar-refractivity contribution in [3.05, 3.63) is 174 Å². The van der Waals surface area contributed by atoms with Crippen molar-refractivity contribution in [1.82, 2.24) is 0 Å². The van der Waals surface area contributed by atoms with E-state index in [4.69, 9.17) is 0 Å². The van der Waals surface area contributed by atoms with Crippen molar-refractivity contribution in [2.45, 2.75) is 83.6 Å². The van der Waals surface area contributed by atoms with Gasteiger partial charge in [-0.3, -0.25) is 0 Å². The van der Waals surface area contributed by atoms with Gasteiger partial charge in [-0.05, 0) is 132 Å². The Labute approximate surface area is 402 Å². The van der Waals surface area contributed by atoms with Crippen LogP contribution < -0.4 is 31.1 Å². The van der Waals surface area contributed by atoms with Gasteiger partial charge in [-0.15, -0.1) is 22.7 Å². The van der Waals surface area contributed by atoms with E-state index >= 15 is 0 Å². The molecule has 0 bridgehead atoms. The highest BCUT2D eigenvalue weighted by Gasteiger charge is 2.58. The minimum Gasteiger partial charge on any atom is -0.334 e. The van der Waals surface area contributed by atoms with Gasteiger partial charge in [-0.25, -0.2) is 0 Å². The number of thiophene rings is 2. The lowest BCUT2D eigenvalue weighted by atomic mass is 9.33. The molecule has 67 heavy (non-hydrogen) atoms. The average molecular weight is 902 g/mol. The smallest absolute Gasteiger partial charge is 0.252 e. The SMILES string of the molecule is Cc1cc2c3c(c1)N(c1cccc4sc5ccccc5c14)c1ccc(C(C)(C)C)cc1B3c1ccc(N3c4ccccc4C4(C)CCCCC34C)cc1N2c1cccc2c1sc1ccccc12. The van der Waals surface area contributed by atoms with Crippen LogP contribution in [0.15, 0.2) is 158 Å². The number of anilines is 8. The Morgan fingerprint density at radius 3 is 2.00 bits per heavy atom. The van der Waals surface area contributed by atoms with E-state index in [2.05, 4.69) is 214 Å². The van der Waals surface area contributed by atoms with Crippen molar-refractivity contribution in [3.63, 3.8) is 0 Å². The second-order valence-corrected chi connectivity index (χ2v) is 23.4. The lowest BCUT2D eigenvalue weighted by molar-refractivity contribution is 0.195. The molecule has 0 amide bonds. The maximum atomic E-state index is 2.76. The predicted molar refractivity (Wildman–Crippen MR) is 292 cm³/mol. The molecule has 3 nitrogen and oxygen atoms in total. The van der Waals surface area contributed by atoms with Crippen molar-refractivity contribution >= 4 is 132 Å². The molecule has 10 aromatic rings. The van der Waals surface area contributed by atoms with Crippen LogP contribution in [-0.4, -0.2) is 12.3 Å². The van der Waals surface area contributed by atoms with E-state index in [0.717, 1.165) is 0 Å². The number of nitrogens with zero attached hydrogens (tertiary/aromatic N) is 3. The van der Waals surface area contributed by atoms with Gasteiger partial charge in [0.15, 0.2) is 0 Å². The fraction of sp³-hybridized carbons (Fsp3) is 0.213. The van der Waals surface area contributed by atoms with Crippen LogP contribution in [0.1, 0.15) is 77.0 Å². The summed E-state index contributed by atoms with van der Waals surface area (Å²) in [4.78, 5) is 8.08. The van der Waals surface area contributed by atoms with Crippen LogP contribution in [0.5, 0.6) is 0 Å². The van der Waals surface area contributed by atoms with Crippen molar-refractivity contribution in [2.24, 2.45) is 0 Å². The van der Waals surface area contributed by atoms with Crippen LogP contribution in [0.2, 0.25) is 0 Å². The van der Waals surface area contributed by atoms with Gasteiger partial charge >= 0.3 is 0 Å². The molecule has 4 aliphatic rings. The van der Waals surface area contributed by atoms with Crippen molar-refractivity contribution in [1.29, 1.82) is 0 Å². The molecule has 326 valence electrons. The molecule has 14 rings (SSSR count). The summed E-state index contributed by atoms with van der Waals surface area (Å²) in [5.41, 5.74) is 18.4. The highest BCUT2D eigenvalue weighted by molar-refractivity contribution is 7.26. The number of hydrogen-bond acceptors (Lipinski definition) is 5. The normalized spacial score (nSPS) is 19.6. The topological polar surface area (TPSA) is 9.72 Å². The lowest BCUT2D eigenvalue weighted by Crippen LogP contribution is -2.61. The Morgan fingerprint density at radius 1 is 0.522 bits per heavy atom. The standard InChI is InChI=1S/C61H52BN3S2/c1-37-33-51-57-52(34-37)64(49-23-15-19-41-40-17-7-11-24-53(40)67-58(41)49)50-36-39(65-46-21-10-9-20-43(46)60(5)31-13-14-32-61(60,65)6)28-29-44(50)62(57)45-35-38(59(2,3)4)27-30-47(45)63(51)48-22-16-26-55-56(48)42-18-8-12-25-54(42)66-55/h7-12,15-30,33-36H,13-14,31-32H2,1-6H3. The van der Waals surface area contributed by atoms with Crippen LogP contribution in [0.25, 0.3) is 40.3 Å². The first kappa shape index (κ1) is 39.8. The molecule has 8 aromatic carbocycles. The number of benzene rings is 8. The van der Waals surface area contributed by atoms with Gasteiger partial charge in [0.2, 0.25) is 0 Å². The highest BCUT2D eigenvalue weighted by Crippen LogP contribution is 2.61. The third-order valence-electron chi connectivity index (χ3n) is 16.6. The number of para-hydroxylation sites is 1. The largest absolute Gasteiger partial charge is 0.334 e. The molecule has 1 fully saturated rings. The number of hydrogen-bond donors (Lipinski definition) is 0. The van der Waals surface area contributed by atoms with Crippen LogP contribution in [0.3, 0.4) is 0 Å². The Morgan fingerprint density at radius 2 is 1.18 bits per heavy atom. The molecule has 1 saturated carbocycles. The van der Waals surface area contributed by atoms with E-state index in [1.165, 1.54) is 145 Å². The Balaban J connectivity index is 1.09. The van der Waals surface area contributed by atoms with Crippen molar-refractivity contribution < 1.29 is 0 Å². The van der Waals surface area contributed by atoms with Gasteiger partial charge in [0, 0.05) is 75.2 Å². The predicted octanol–water partition coefficient (Wildman–Crippen LogP) is 15.9. The second kappa shape index (κ2) is 13.9. The number of rotatable bonds is 3. The van der Waals surface area contributed by atoms with Gasteiger partial charge in [-0.1, -0.05) is 132 Å². The summed E-state index contributed by atoms with van der Waals surface area (Å²) in [6.45, 7) is 14.5. The molecule has 1 aliphatic carbocycles. The van der Waals surface area contributed by atoms with E-state index in [1.54, 1.807) is 0 Å². The zero-order chi connectivity index (χ0) is 45.1. The van der Waals surface area contributed by atoms with Gasteiger partial charge in [-0.2, -0.15) is 0 Å². The van der Waals surface area contributed by atoms with Gasteiger partial charge in [0.1, 0.15) is 0 Å². The minimum atomic E-state index is -0.0534. The molecule has 0 radical (unpaired) electrons. The highest BCUT2D eigenvalue weighted by atomic mass is 32.1. The van der Waals surface area contributed by atoms with Crippen molar-refractivity contribution in [2.75, 3.05) is 14.7 Å². The molecule has 2 unspecified atom stereocenters. The minimum absolute atomic E-state index is 0.0147. The quantitative estimate of drug-likeness (QED) is 0.164. The van der Waals surface area contributed by atoms with Crippen LogP contribution >= 0.6 is 22.7 Å². The first-order valence-electron chi connectivity index (χ1n) is 24.3. The van der Waals surface area contributed by atoms with E-state index in [1.807, 2.05) is 22.7 Å². The van der Waals surface area contributed by atoms with Gasteiger partial charge in [0.25, 0.3) is 6.71 Å². The molecule has 6 heteroatoms. The summed E-state index contributed by atoms with van der Waals surface area (Å²) in [6.07, 6.45) is 4.89. The van der Waals surface area contributed by atoms with Crippen LogP contribution in [0.4, 0.5) is 45.5 Å². The third kappa shape index (κ3) is 5.34. The Kier molecular flexibility index (Phi) is 8.24. The zero-order valence-electron chi connectivity index (χ0n) is 39.1. The summed E-state index contributed by atoms with van der Waals surface area (Å²) >= 11 is 3.82. The monoisotopic (exact) mass is 901 g/mol. The molecule has 2 atom stereocenters. The number of fused-ring (bicyclic) bond motifs is 13. The molecule has 0 N–H and O–H groups in total. The molecule has 0 saturated heterocycles. The first-order valence-corrected chi connectivity index (χ1v) is 25.9. The molecular weight excluding hydrogens is 850 g/mol. The van der Waals surface area contributed by atoms with E-state index in [0.29, 0.717) is 0 Å². The van der Waals surface area contributed by atoms with Crippen molar-refractivity contribution in [3.8, 4) is 0 Å². The first-order chi connectivity index (χ1) is 32.5. The van der Waals surface area contributed by atoms with Crippen LogP contribution in [0, 0.1) is 6.92 Å². The fourth-order valence-corrected chi connectivity index (χ4v) is 15.5.